The normalized spacial score (nSPS) is 11.1. The van der Waals surface area contributed by atoms with Gasteiger partial charge in [-0.15, -0.1) is 0 Å². The van der Waals surface area contributed by atoms with Crippen LogP contribution >= 0.6 is 0 Å². The van der Waals surface area contributed by atoms with Crippen molar-refractivity contribution in [3.8, 4) is 6.07 Å². The SMILES string of the molecule is CC(=N)c1c(N)cc(Nc2cccc3ccn(CC(=O)NCC(F)(F)F)c(=O)c23)cc1C#N. The molecule has 0 aliphatic carbocycles. The van der Waals surface area contributed by atoms with Crippen molar-refractivity contribution in [1.82, 2.24) is 9.88 Å². The lowest BCUT2D eigenvalue weighted by atomic mass is 10.0. The molecule has 3 rings (SSSR count). The minimum absolute atomic E-state index is 0.132. The molecule has 2 aromatic carbocycles. The quantitative estimate of drug-likeness (QED) is 0.333. The molecule has 33 heavy (non-hydrogen) atoms. The van der Waals surface area contributed by atoms with E-state index in [-0.39, 0.29) is 22.3 Å². The van der Waals surface area contributed by atoms with Gasteiger partial charge >= 0.3 is 6.18 Å². The molecule has 0 fully saturated rings. The molecule has 0 aliphatic heterocycles. The van der Waals surface area contributed by atoms with E-state index in [9.17, 15) is 28.0 Å². The minimum Gasteiger partial charge on any atom is -0.398 e. The highest BCUT2D eigenvalue weighted by molar-refractivity contribution is 6.04. The average Bonchev–Trinajstić information content (AvgIpc) is 2.73. The predicted molar refractivity (Wildman–Crippen MR) is 119 cm³/mol. The van der Waals surface area contributed by atoms with E-state index in [0.29, 0.717) is 22.3 Å². The van der Waals surface area contributed by atoms with E-state index in [1.807, 2.05) is 6.07 Å². The Morgan fingerprint density at radius 2 is 2.00 bits per heavy atom. The molecule has 1 aromatic heterocycles. The highest BCUT2D eigenvalue weighted by Crippen LogP contribution is 2.28. The van der Waals surface area contributed by atoms with Crippen LogP contribution in [-0.4, -0.2) is 28.9 Å². The van der Waals surface area contributed by atoms with E-state index in [0.717, 1.165) is 4.57 Å². The van der Waals surface area contributed by atoms with Crippen molar-refractivity contribution in [3.63, 3.8) is 0 Å². The Morgan fingerprint density at radius 1 is 1.27 bits per heavy atom. The second kappa shape index (κ2) is 9.04. The molecular formula is C22H19F3N6O2. The number of anilines is 3. The molecule has 0 unspecified atom stereocenters. The first-order chi connectivity index (χ1) is 15.5. The van der Waals surface area contributed by atoms with Crippen LogP contribution in [0.4, 0.5) is 30.2 Å². The first-order valence-corrected chi connectivity index (χ1v) is 9.62. The summed E-state index contributed by atoms with van der Waals surface area (Å²) in [6, 6.07) is 11.6. The van der Waals surface area contributed by atoms with Crippen molar-refractivity contribution in [1.29, 1.82) is 10.7 Å². The van der Waals surface area contributed by atoms with Gasteiger partial charge in [-0.05, 0) is 36.6 Å². The van der Waals surface area contributed by atoms with Crippen LogP contribution in [0, 0.1) is 16.7 Å². The summed E-state index contributed by atoms with van der Waals surface area (Å²) in [6.45, 7) is -0.565. The molecule has 1 amide bonds. The van der Waals surface area contributed by atoms with Crippen LogP contribution in [0.2, 0.25) is 0 Å². The summed E-state index contributed by atoms with van der Waals surface area (Å²) in [5.74, 6) is -0.955. The van der Waals surface area contributed by atoms with E-state index < -0.39 is 30.7 Å². The molecule has 11 heteroatoms. The van der Waals surface area contributed by atoms with Crippen molar-refractivity contribution in [2.45, 2.75) is 19.6 Å². The van der Waals surface area contributed by atoms with Gasteiger partial charge in [0.2, 0.25) is 5.91 Å². The summed E-state index contributed by atoms with van der Waals surface area (Å²) < 4.78 is 38.0. The Kier molecular flexibility index (Phi) is 6.39. The largest absolute Gasteiger partial charge is 0.405 e. The maximum absolute atomic E-state index is 13.0. The molecule has 0 saturated heterocycles. The maximum Gasteiger partial charge on any atom is 0.405 e. The fourth-order valence-electron chi connectivity index (χ4n) is 3.37. The van der Waals surface area contributed by atoms with Crippen molar-refractivity contribution >= 4 is 39.5 Å². The molecule has 0 bridgehead atoms. The molecule has 170 valence electrons. The van der Waals surface area contributed by atoms with Gasteiger partial charge in [0.1, 0.15) is 13.1 Å². The lowest BCUT2D eigenvalue weighted by Crippen LogP contribution is -2.37. The number of nitrogens with zero attached hydrogens (tertiary/aromatic N) is 2. The van der Waals surface area contributed by atoms with Gasteiger partial charge in [-0.1, -0.05) is 12.1 Å². The Bertz CT molecular complexity index is 1360. The van der Waals surface area contributed by atoms with Gasteiger partial charge in [0.15, 0.2) is 0 Å². The van der Waals surface area contributed by atoms with Gasteiger partial charge in [0.25, 0.3) is 5.56 Å². The molecule has 0 spiro atoms. The number of nitriles is 1. The zero-order chi connectivity index (χ0) is 24.3. The number of benzene rings is 2. The Morgan fingerprint density at radius 3 is 2.64 bits per heavy atom. The van der Waals surface area contributed by atoms with Crippen LogP contribution in [0.5, 0.6) is 0 Å². The second-order valence-electron chi connectivity index (χ2n) is 7.26. The van der Waals surface area contributed by atoms with E-state index >= 15 is 0 Å². The minimum atomic E-state index is -4.56. The highest BCUT2D eigenvalue weighted by atomic mass is 19.4. The molecule has 5 N–H and O–H groups in total. The summed E-state index contributed by atoms with van der Waals surface area (Å²) in [5.41, 5.74) is 7.02. The number of nitrogens with two attached hydrogens (primary N) is 1. The zero-order valence-electron chi connectivity index (χ0n) is 17.4. The van der Waals surface area contributed by atoms with Gasteiger partial charge < -0.3 is 26.3 Å². The number of fused-ring (bicyclic) bond motifs is 1. The van der Waals surface area contributed by atoms with Crippen molar-refractivity contribution < 1.29 is 18.0 Å². The molecule has 8 nitrogen and oxygen atoms in total. The number of carbonyl (C=O) groups excluding carboxylic acids is 1. The van der Waals surface area contributed by atoms with Gasteiger partial charge in [0, 0.05) is 28.8 Å². The standard InChI is InChI=1S/C22H19F3N6O2/c1-12(27)19-14(9-26)7-15(8-16(19)28)30-17-4-2-3-13-5-6-31(21(33)20(13)17)10-18(32)29-11-22(23,24)25/h2-8,27,30H,10-11,28H2,1H3,(H,29,32). The number of alkyl halides is 3. The van der Waals surface area contributed by atoms with Crippen molar-refractivity contribution in [2.75, 3.05) is 17.6 Å². The number of hydrogen-bond acceptors (Lipinski definition) is 6. The smallest absolute Gasteiger partial charge is 0.398 e. The zero-order valence-corrected chi connectivity index (χ0v) is 17.4. The van der Waals surface area contributed by atoms with Crippen LogP contribution in [0.1, 0.15) is 18.1 Å². The third kappa shape index (κ3) is 5.30. The van der Waals surface area contributed by atoms with Crippen LogP contribution in [0.3, 0.4) is 0 Å². The number of rotatable bonds is 6. The Hall–Kier alpha value is -4.33. The molecule has 0 saturated carbocycles. The molecule has 1 heterocycles. The Labute approximate surface area is 185 Å². The van der Waals surface area contributed by atoms with Gasteiger partial charge in [-0.3, -0.25) is 9.59 Å². The van der Waals surface area contributed by atoms with Gasteiger partial charge in [-0.2, -0.15) is 18.4 Å². The number of carbonyl (C=O) groups is 1. The number of aromatic nitrogens is 1. The first-order valence-electron chi connectivity index (χ1n) is 9.62. The molecule has 0 atom stereocenters. The number of nitrogen functional groups attached to an aromatic ring is 1. The molecular weight excluding hydrogens is 437 g/mol. The van der Waals surface area contributed by atoms with Crippen molar-refractivity contribution in [3.05, 3.63) is 64.1 Å². The maximum atomic E-state index is 13.0. The van der Waals surface area contributed by atoms with Crippen LogP contribution in [0.15, 0.2) is 47.4 Å². The fraction of sp³-hybridized carbons (Fsp3) is 0.182. The Balaban J connectivity index is 1.98. The van der Waals surface area contributed by atoms with E-state index in [2.05, 4.69) is 5.32 Å². The second-order valence-corrected chi connectivity index (χ2v) is 7.26. The molecule has 0 radical (unpaired) electrons. The van der Waals surface area contributed by atoms with Crippen LogP contribution in [-0.2, 0) is 11.3 Å². The topological polar surface area (TPSA) is 137 Å². The van der Waals surface area contributed by atoms with Crippen LogP contribution < -0.4 is 21.9 Å². The predicted octanol–water partition coefficient (Wildman–Crippen LogP) is 3.27. The number of amides is 1. The summed E-state index contributed by atoms with van der Waals surface area (Å²) in [5, 5.41) is 22.7. The summed E-state index contributed by atoms with van der Waals surface area (Å²) in [4.78, 5) is 24.9. The van der Waals surface area contributed by atoms with Gasteiger partial charge in [0.05, 0.1) is 22.7 Å². The number of halogens is 3. The van der Waals surface area contributed by atoms with E-state index in [1.54, 1.807) is 29.6 Å². The lowest BCUT2D eigenvalue weighted by molar-refractivity contribution is -0.138. The first kappa shape index (κ1) is 23.3. The fourth-order valence-corrected chi connectivity index (χ4v) is 3.37. The van der Waals surface area contributed by atoms with E-state index in [4.69, 9.17) is 11.1 Å². The summed E-state index contributed by atoms with van der Waals surface area (Å²) >= 11 is 0. The number of hydrogen-bond donors (Lipinski definition) is 4. The molecule has 0 aliphatic rings. The monoisotopic (exact) mass is 456 g/mol. The lowest BCUT2D eigenvalue weighted by Gasteiger charge is -2.14. The number of nitrogens with one attached hydrogen (secondary N) is 3. The highest BCUT2D eigenvalue weighted by Gasteiger charge is 2.27. The van der Waals surface area contributed by atoms with Crippen LogP contribution in [0.25, 0.3) is 10.8 Å². The van der Waals surface area contributed by atoms with E-state index in [1.165, 1.54) is 25.3 Å². The third-order valence-corrected chi connectivity index (χ3v) is 4.75. The third-order valence-electron chi connectivity index (χ3n) is 4.75. The number of pyridine rings is 1. The molecule has 3 aromatic rings. The van der Waals surface area contributed by atoms with Gasteiger partial charge in [-0.25, -0.2) is 0 Å². The summed E-state index contributed by atoms with van der Waals surface area (Å²) in [7, 11) is 0. The van der Waals surface area contributed by atoms with Crippen molar-refractivity contribution in [2.24, 2.45) is 0 Å². The summed E-state index contributed by atoms with van der Waals surface area (Å²) in [6.07, 6.45) is -3.23. The average molecular weight is 456 g/mol.